The van der Waals surface area contributed by atoms with Crippen LogP contribution >= 0.6 is 0 Å². The molecule has 20 heavy (non-hydrogen) atoms. The lowest BCUT2D eigenvalue weighted by molar-refractivity contribution is 0.594. The first-order valence-corrected chi connectivity index (χ1v) is 8.95. The van der Waals surface area contributed by atoms with Crippen molar-refractivity contribution in [3.63, 3.8) is 0 Å². The second kappa shape index (κ2) is 6.59. The van der Waals surface area contributed by atoms with Gasteiger partial charge in [0.05, 0.1) is 10.6 Å². The fraction of sp³-hybridized carbons (Fsp3) is 0.600. The van der Waals surface area contributed by atoms with Crippen LogP contribution in [0.25, 0.3) is 0 Å². The third kappa shape index (κ3) is 4.21. The zero-order valence-corrected chi connectivity index (χ0v) is 13.1. The van der Waals surface area contributed by atoms with Gasteiger partial charge in [0.15, 0.2) is 9.84 Å². The smallest absolute Gasteiger partial charge is 0.178 e. The van der Waals surface area contributed by atoms with E-state index < -0.39 is 9.84 Å². The highest BCUT2D eigenvalue weighted by Gasteiger charge is 2.19. The number of sulfone groups is 1. The molecule has 0 bridgehead atoms. The van der Waals surface area contributed by atoms with Gasteiger partial charge in [-0.05, 0) is 43.5 Å². The molecule has 112 valence electrons. The Balaban J connectivity index is 1.92. The minimum atomic E-state index is -3.10. The number of hydrogen-bond donors (Lipinski definition) is 1. The topological polar surface area (TPSA) is 49.4 Å². The Morgan fingerprint density at radius 3 is 2.45 bits per heavy atom. The zero-order valence-electron chi connectivity index (χ0n) is 12.3. The van der Waals surface area contributed by atoms with Crippen LogP contribution in [0.15, 0.2) is 29.2 Å². The van der Waals surface area contributed by atoms with E-state index in [9.17, 15) is 8.42 Å². The summed E-state index contributed by atoms with van der Waals surface area (Å²) in [5.74, 6) is 0.216. The summed E-state index contributed by atoms with van der Waals surface area (Å²) in [6.45, 7) is 3.78. The number of nitrogens with zero attached hydrogens (tertiary/aromatic N) is 1. The van der Waals surface area contributed by atoms with Gasteiger partial charge in [-0.25, -0.2) is 8.42 Å². The fourth-order valence-corrected chi connectivity index (χ4v) is 3.47. The number of nitrogens with one attached hydrogen (secondary N) is 1. The van der Waals surface area contributed by atoms with E-state index in [0.29, 0.717) is 11.3 Å². The van der Waals surface area contributed by atoms with Gasteiger partial charge in [0.25, 0.3) is 0 Å². The molecule has 1 aromatic rings. The van der Waals surface area contributed by atoms with E-state index >= 15 is 0 Å². The molecule has 0 saturated heterocycles. The Labute approximate surface area is 122 Å². The summed E-state index contributed by atoms with van der Waals surface area (Å²) in [5.41, 5.74) is 1.05. The number of anilines is 1. The van der Waals surface area contributed by atoms with E-state index in [-0.39, 0.29) is 5.75 Å². The van der Waals surface area contributed by atoms with Crippen LogP contribution < -0.4 is 10.2 Å². The molecular formula is C15H24N2O2S. The molecule has 0 atom stereocenters. The third-order valence-electron chi connectivity index (χ3n) is 3.57. The van der Waals surface area contributed by atoms with Crippen molar-refractivity contribution >= 4 is 15.5 Å². The maximum Gasteiger partial charge on any atom is 0.178 e. The lowest BCUT2D eigenvalue weighted by atomic mass is 10.3. The maximum atomic E-state index is 11.9. The molecule has 1 N–H and O–H groups in total. The van der Waals surface area contributed by atoms with Gasteiger partial charge < -0.3 is 10.2 Å². The molecule has 1 saturated carbocycles. The summed E-state index contributed by atoms with van der Waals surface area (Å²) in [6.07, 6.45) is 3.25. The minimum absolute atomic E-state index is 0.216. The monoisotopic (exact) mass is 296 g/mol. The zero-order chi connectivity index (χ0) is 14.6. The molecule has 0 unspecified atom stereocenters. The van der Waals surface area contributed by atoms with Crippen LogP contribution in [0.4, 0.5) is 5.69 Å². The van der Waals surface area contributed by atoms with Crippen molar-refractivity contribution in [3.05, 3.63) is 24.3 Å². The van der Waals surface area contributed by atoms with E-state index in [1.165, 1.54) is 12.8 Å². The standard InChI is InChI=1S/C15H24N2O2S/c1-3-12-20(18,19)15-8-6-14(7-9-15)17(2)11-10-16-13-4-5-13/h6-9,13,16H,3-5,10-12H2,1-2H3. The average Bonchev–Trinajstić information content (AvgIpc) is 3.23. The Morgan fingerprint density at radius 1 is 1.25 bits per heavy atom. The van der Waals surface area contributed by atoms with Crippen molar-refractivity contribution in [1.82, 2.24) is 5.32 Å². The van der Waals surface area contributed by atoms with Crippen molar-refractivity contribution in [2.24, 2.45) is 0 Å². The van der Waals surface area contributed by atoms with Gasteiger partial charge in [-0.2, -0.15) is 0 Å². The molecule has 5 heteroatoms. The van der Waals surface area contributed by atoms with Crippen LogP contribution in [-0.4, -0.2) is 40.3 Å². The van der Waals surface area contributed by atoms with E-state index in [1.807, 2.05) is 26.1 Å². The van der Waals surface area contributed by atoms with Gasteiger partial charge in [0.1, 0.15) is 0 Å². The van der Waals surface area contributed by atoms with Gasteiger partial charge in [0.2, 0.25) is 0 Å². The highest BCUT2D eigenvalue weighted by molar-refractivity contribution is 7.91. The van der Waals surface area contributed by atoms with Gasteiger partial charge in [0, 0.05) is 31.9 Å². The van der Waals surface area contributed by atoms with Crippen LogP contribution in [-0.2, 0) is 9.84 Å². The number of rotatable bonds is 8. The number of hydrogen-bond acceptors (Lipinski definition) is 4. The Morgan fingerprint density at radius 2 is 1.90 bits per heavy atom. The first-order valence-electron chi connectivity index (χ1n) is 7.30. The predicted octanol–water partition coefficient (Wildman–Crippen LogP) is 2.06. The molecule has 0 spiro atoms. The molecular weight excluding hydrogens is 272 g/mol. The van der Waals surface area contributed by atoms with Crippen molar-refractivity contribution < 1.29 is 8.42 Å². The van der Waals surface area contributed by atoms with Crippen LogP contribution in [0.3, 0.4) is 0 Å². The van der Waals surface area contributed by atoms with Gasteiger partial charge in [-0.3, -0.25) is 0 Å². The third-order valence-corrected chi connectivity index (χ3v) is 5.50. The van der Waals surface area contributed by atoms with E-state index in [4.69, 9.17) is 0 Å². The summed E-state index contributed by atoms with van der Waals surface area (Å²) < 4.78 is 23.9. The average molecular weight is 296 g/mol. The minimum Gasteiger partial charge on any atom is -0.373 e. The quantitative estimate of drug-likeness (QED) is 0.798. The first kappa shape index (κ1) is 15.3. The van der Waals surface area contributed by atoms with Gasteiger partial charge >= 0.3 is 0 Å². The molecule has 0 aliphatic heterocycles. The number of benzene rings is 1. The molecule has 0 aromatic heterocycles. The fourth-order valence-electron chi connectivity index (χ4n) is 2.15. The Kier molecular flexibility index (Phi) is 5.05. The van der Waals surface area contributed by atoms with Crippen molar-refractivity contribution in [3.8, 4) is 0 Å². The highest BCUT2D eigenvalue weighted by atomic mass is 32.2. The molecule has 1 aliphatic carbocycles. The summed E-state index contributed by atoms with van der Waals surface area (Å²) in [4.78, 5) is 2.57. The predicted molar refractivity (Wildman–Crippen MR) is 83.1 cm³/mol. The van der Waals surface area contributed by atoms with Crippen LogP contribution in [0.2, 0.25) is 0 Å². The molecule has 0 heterocycles. The van der Waals surface area contributed by atoms with Crippen LogP contribution in [0.5, 0.6) is 0 Å². The molecule has 1 fully saturated rings. The summed E-state index contributed by atoms with van der Waals surface area (Å²) >= 11 is 0. The molecule has 0 radical (unpaired) electrons. The molecule has 2 rings (SSSR count). The van der Waals surface area contributed by atoms with Gasteiger partial charge in [-0.15, -0.1) is 0 Å². The highest BCUT2D eigenvalue weighted by Crippen LogP contribution is 2.19. The van der Waals surface area contributed by atoms with E-state index in [0.717, 1.165) is 24.8 Å². The van der Waals surface area contributed by atoms with Crippen molar-refractivity contribution in [2.45, 2.75) is 37.1 Å². The summed E-state index contributed by atoms with van der Waals surface area (Å²) in [6, 6.07) is 7.93. The first-order chi connectivity index (χ1) is 9.53. The molecule has 4 nitrogen and oxygen atoms in total. The largest absolute Gasteiger partial charge is 0.373 e. The van der Waals surface area contributed by atoms with Crippen molar-refractivity contribution in [1.29, 1.82) is 0 Å². The molecule has 0 amide bonds. The second-order valence-electron chi connectivity index (χ2n) is 5.46. The van der Waals surface area contributed by atoms with Crippen LogP contribution in [0.1, 0.15) is 26.2 Å². The Hall–Kier alpha value is -1.07. The number of likely N-dealkylation sites (N-methyl/N-ethyl adjacent to an activating group) is 1. The van der Waals surface area contributed by atoms with Crippen LogP contribution in [0, 0.1) is 0 Å². The van der Waals surface area contributed by atoms with Crippen molar-refractivity contribution in [2.75, 3.05) is 30.8 Å². The second-order valence-corrected chi connectivity index (χ2v) is 7.57. The lowest BCUT2D eigenvalue weighted by Crippen LogP contribution is -2.30. The summed E-state index contributed by atoms with van der Waals surface area (Å²) in [5, 5.41) is 3.47. The molecule has 1 aliphatic rings. The normalized spacial score (nSPS) is 15.3. The Bertz CT molecular complexity index is 521. The lowest BCUT2D eigenvalue weighted by Gasteiger charge is -2.19. The maximum absolute atomic E-state index is 11.9. The molecule has 1 aromatic carbocycles. The van der Waals surface area contributed by atoms with Gasteiger partial charge in [-0.1, -0.05) is 6.92 Å². The van der Waals surface area contributed by atoms with E-state index in [2.05, 4.69) is 10.2 Å². The summed E-state index contributed by atoms with van der Waals surface area (Å²) in [7, 11) is -1.07. The SMILES string of the molecule is CCCS(=O)(=O)c1ccc(N(C)CCNC2CC2)cc1. The van der Waals surface area contributed by atoms with E-state index in [1.54, 1.807) is 12.1 Å².